The molecule has 3 aromatic rings. The van der Waals surface area contributed by atoms with Crippen molar-refractivity contribution in [2.45, 2.75) is 6.92 Å². The molecule has 0 atom stereocenters. The molecule has 0 bridgehead atoms. The second kappa shape index (κ2) is 6.69. The van der Waals surface area contributed by atoms with Crippen molar-refractivity contribution in [2.75, 3.05) is 0 Å². The van der Waals surface area contributed by atoms with Crippen LogP contribution in [0.3, 0.4) is 0 Å². The van der Waals surface area contributed by atoms with E-state index in [1.807, 2.05) is 36.4 Å². The molecule has 1 aromatic heterocycles. The van der Waals surface area contributed by atoms with Crippen LogP contribution in [0, 0.1) is 0 Å². The van der Waals surface area contributed by atoms with Crippen molar-refractivity contribution in [3.05, 3.63) is 75.2 Å². The number of carbonyl (C=O) groups is 2. The summed E-state index contributed by atoms with van der Waals surface area (Å²) >= 11 is -0.383. The number of nitrogens with zero attached hydrogens (tertiary/aromatic N) is 3. The second-order valence-corrected chi connectivity index (χ2v) is 6.78. The standard InChI is InChI=1S/C17H13N3O2Se/c1-12(21)16-19-20(14-10-6-3-7-11-14)17(23-16)18-15(22)13-8-4-2-5-9-13/h2-11H,1H3. The van der Waals surface area contributed by atoms with Gasteiger partial charge in [-0.2, -0.15) is 0 Å². The van der Waals surface area contributed by atoms with Crippen molar-refractivity contribution in [1.29, 1.82) is 0 Å². The third kappa shape index (κ3) is 3.44. The molecular weight excluding hydrogens is 357 g/mol. The average Bonchev–Trinajstić information content (AvgIpc) is 3.00. The molecule has 5 nitrogen and oxygen atoms in total. The zero-order valence-electron chi connectivity index (χ0n) is 12.3. The van der Waals surface area contributed by atoms with Crippen LogP contribution in [-0.2, 0) is 0 Å². The van der Waals surface area contributed by atoms with Crippen molar-refractivity contribution in [2.24, 2.45) is 4.99 Å². The van der Waals surface area contributed by atoms with Gasteiger partial charge in [0.1, 0.15) is 0 Å². The van der Waals surface area contributed by atoms with Crippen LogP contribution in [0.25, 0.3) is 5.69 Å². The number of ketones is 1. The Bertz CT molecular complexity index is 912. The van der Waals surface area contributed by atoms with Gasteiger partial charge in [0.2, 0.25) is 0 Å². The third-order valence-electron chi connectivity index (χ3n) is 3.08. The number of amides is 1. The summed E-state index contributed by atoms with van der Waals surface area (Å²) in [5.41, 5.74) is 1.30. The van der Waals surface area contributed by atoms with E-state index in [1.54, 1.807) is 28.9 Å². The average molecular weight is 370 g/mol. The predicted octanol–water partition coefficient (Wildman–Crippen LogP) is 1.87. The summed E-state index contributed by atoms with van der Waals surface area (Å²) in [5, 5.41) is 4.33. The Kier molecular flexibility index (Phi) is 4.46. The van der Waals surface area contributed by atoms with Crippen molar-refractivity contribution in [3.8, 4) is 5.69 Å². The van der Waals surface area contributed by atoms with Gasteiger partial charge >= 0.3 is 138 Å². The molecule has 23 heavy (non-hydrogen) atoms. The summed E-state index contributed by atoms with van der Waals surface area (Å²) in [6, 6.07) is 18.2. The molecule has 0 saturated heterocycles. The van der Waals surface area contributed by atoms with Crippen LogP contribution >= 0.6 is 0 Å². The molecule has 0 spiro atoms. The van der Waals surface area contributed by atoms with Crippen LogP contribution in [0.15, 0.2) is 65.7 Å². The van der Waals surface area contributed by atoms with Crippen LogP contribution < -0.4 is 4.36 Å². The summed E-state index contributed by atoms with van der Waals surface area (Å²) in [6.45, 7) is 1.48. The van der Waals surface area contributed by atoms with Gasteiger partial charge < -0.3 is 0 Å². The Morgan fingerprint density at radius 1 is 1.00 bits per heavy atom. The van der Waals surface area contributed by atoms with E-state index in [9.17, 15) is 9.59 Å². The Morgan fingerprint density at radius 2 is 1.61 bits per heavy atom. The zero-order valence-corrected chi connectivity index (χ0v) is 14.1. The van der Waals surface area contributed by atoms with Crippen molar-refractivity contribution in [1.82, 2.24) is 9.78 Å². The van der Waals surface area contributed by atoms with Crippen molar-refractivity contribution in [3.63, 3.8) is 0 Å². The molecular formula is C17H13N3O2Se. The fourth-order valence-electron chi connectivity index (χ4n) is 1.97. The molecule has 3 rings (SSSR count). The minimum absolute atomic E-state index is 0.0942. The van der Waals surface area contributed by atoms with Crippen molar-refractivity contribution >= 4 is 26.2 Å². The fourth-order valence-corrected chi connectivity index (χ4v) is 3.64. The first-order chi connectivity index (χ1) is 11.1. The van der Waals surface area contributed by atoms with Gasteiger partial charge in [-0.3, -0.25) is 0 Å². The van der Waals surface area contributed by atoms with E-state index in [2.05, 4.69) is 10.1 Å². The van der Waals surface area contributed by atoms with Gasteiger partial charge in [0.05, 0.1) is 0 Å². The Hall–Kier alpha value is -2.56. The maximum absolute atomic E-state index is 12.3. The minimum atomic E-state index is -0.383. The number of hydrogen-bond acceptors (Lipinski definition) is 3. The van der Waals surface area contributed by atoms with E-state index in [0.29, 0.717) is 14.5 Å². The molecule has 114 valence electrons. The van der Waals surface area contributed by atoms with Crippen LogP contribution in [0.1, 0.15) is 26.6 Å². The molecule has 0 aliphatic carbocycles. The monoisotopic (exact) mass is 371 g/mol. The number of rotatable bonds is 3. The second-order valence-electron chi connectivity index (χ2n) is 4.78. The van der Waals surface area contributed by atoms with Gasteiger partial charge in [-0.25, -0.2) is 0 Å². The molecule has 1 amide bonds. The quantitative estimate of drug-likeness (QED) is 0.522. The fraction of sp³-hybridized carbons (Fsp3) is 0.0588. The number of benzene rings is 2. The van der Waals surface area contributed by atoms with E-state index in [0.717, 1.165) is 5.69 Å². The van der Waals surface area contributed by atoms with E-state index >= 15 is 0 Å². The van der Waals surface area contributed by atoms with E-state index in [-0.39, 0.29) is 26.2 Å². The first kappa shape index (κ1) is 15.3. The first-order valence-corrected chi connectivity index (χ1v) is 8.67. The molecule has 0 radical (unpaired) electrons. The van der Waals surface area contributed by atoms with Crippen LogP contribution in [0.2, 0.25) is 0 Å². The van der Waals surface area contributed by atoms with Crippen LogP contribution in [0.4, 0.5) is 0 Å². The van der Waals surface area contributed by atoms with Gasteiger partial charge in [-0.05, 0) is 0 Å². The summed E-state index contributed by atoms with van der Waals surface area (Å²) in [7, 11) is 0. The third-order valence-corrected chi connectivity index (χ3v) is 5.20. The summed E-state index contributed by atoms with van der Waals surface area (Å²) < 4.78 is 2.56. The van der Waals surface area contributed by atoms with Gasteiger partial charge in [0.15, 0.2) is 0 Å². The van der Waals surface area contributed by atoms with Crippen LogP contribution in [-0.4, -0.2) is 36.0 Å². The number of para-hydroxylation sites is 1. The predicted molar refractivity (Wildman–Crippen MR) is 86.8 cm³/mol. The Morgan fingerprint density at radius 3 is 2.22 bits per heavy atom. The Labute approximate surface area is 138 Å². The molecule has 0 aliphatic heterocycles. The summed E-state index contributed by atoms with van der Waals surface area (Å²) in [4.78, 5) is 28.2. The number of aromatic nitrogens is 2. The van der Waals surface area contributed by atoms with Gasteiger partial charge in [-0.1, -0.05) is 0 Å². The Balaban J connectivity index is 2.13. The summed E-state index contributed by atoms with van der Waals surface area (Å²) in [5.74, 6) is -0.424. The van der Waals surface area contributed by atoms with Gasteiger partial charge in [-0.15, -0.1) is 0 Å². The molecule has 2 aromatic carbocycles. The van der Waals surface area contributed by atoms with Gasteiger partial charge in [0, 0.05) is 0 Å². The molecule has 0 unspecified atom stereocenters. The molecule has 0 N–H and O–H groups in total. The number of carbonyl (C=O) groups excluding carboxylic acids is 2. The topological polar surface area (TPSA) is 64.3 Å². The first-order valence-electron chi connectivity index (χ1n) is 6.96. The van der Waals surface area contributed by atoms with E-state index < -0.39 is 0 Å². The molecule has 0 saturated carbocycles. The molecule has 1 heterocycles. The molecule has 6 heteroatoms. The van der Waals surface area contributed by atoms with Gasteiger partial charge in [0.25, 0.3) is 0 Å². The molecule has 0 aliphatic rings. The number of Topliss-reactive ketones (excluding diaryl/α,β-unsaturated/α-hetero) is 1. The molecule has 0 fully saturated rings. The van der Waals surface area contributed by atoms with Crippen LogP contribution in [0.5, 0.6) is 0 Å². The van der Waals surface area contributed by atoms with E-state index in [1.165, 1.54) is 6.92 Å². The van der Waals surface area contributed by atoms with E-state index in [4.69, 9.17) is 0 Å². The SMILES string of the molecule is CC(=O)c1nn(-c2ccccc2)c(=NC(=O)c2ccccc2)[se]1. The number of hydrogen-bond donors (Lipinski definition) is 0. The maximum atomic E-state index is 12.3. The van der Waals surface area contributed by atoms with Crippen molar-refractivity contribution < 1.29 is 9.59 Å². The zero-order chi connectivity index (χ0) is 16.2. The summed E-state index contributed by atoms with van der Waals surface area (Å²) in [6.07, 6.45) is 0. The normalized spacial score (nSPS) is 11.4.